The first-order valence-corrected chi connectivity index (χ1v) is 11.1. The molecule has 1 aliphatic carbocycles. The van der Waals surface area contributed by atoms with E-state index in [2.05, 4.69) is 74.8 Å². The van der Waals surface area contributed by atoms with E-state index < -0.39 is 0 Å². The average molecular weight is 416 g/mol. The van der Waals surface area contributed by atoms with E-state index in [1.807, 2.05) is 18.5 Å². The lowest BCUT2D eigenvalue weighted by atomic mass is 10.1. The van der Waals surface area contributed by atoms with Gasteiger partial charge in [0.15, 0.2) is 0 Å². The molecule has 32 heavy (non-hydrogen) atoms. The van der Waals surface area contributed by atoms with Crippen molar-refractivity contribution < 1.29 is 0 Å². The highest BCUT2D eigenvalue weighted by Gasteiger charge is 2.21. The molecule has 0 atom stereocenters. The molecule has 0 radical (unpaired) electrons. The lowest BCUT2D eigenvalue weighted by molar-refractivity contribution is 0.959. The van der Waals surface area contributed by atoms with E-state index in [9.17, 15) is 0 Å². The first-order chi connectivity index (χ1) is 15.9. The molecule has 5 heterocycles. The van der Waals surface area contributed by atoms with Crippen molar-refractivity contribution in [2.75, 3.05) is 6.54 Å². The molecule has 5 nitrogen and oxygen atoms in total. The number of nitrogens with zero attached hydrogens (tertiary/aromatic N) is 5. The Morgan fingerprint density at radius 3 is 2.56 bits per heavy atom. The van der Waals surface area contributed by atoms with Crippen LogP contribution < -0.4 is 0 Å². The van der Waals surface area contributed by atoms with Crippen molar-refractivity contribution in [3.05, 3.63) is 73.0 Å². The lowest BCUT2D eigenvalue weighted by Gasteiger charge is -2.14. The number of aliphatic imine (C=N–C) groups is 1. The maximum absolute atomic E-state index is 5.29. The Bertz CT molecular complexity index is 1550. The minimum Gasteiger partial charge on any atom is -0.310 e. The Balaban J connectivity index is 1.66. The van der Waals surface area contributed by atoms with Crippen molar-refractivity contribution in [2.45, 2.75) is 19.3 Å². The van der Waals surface area contributed by atoms with Gasteiger partial charge in [0.05, 0.1) is 16.6 Å². The number of dihydropyridines is 1. The van der Waals surface area contributed by atoms with Gasteiger partial charge in [-0.2, -0.15) is 0 Å². The second-order valence-electron chi connectivity index (χ2n) is 8.37. The van der Waals surface area contributed by atoms with Crippen molar-refractivity contribution in [1.29, 1.82) is 0 Å². The van der Waals surface area contributed by atoms with Crippen LogP contribution in [0.2, 0.25) is 0 Å². The Labute approximate surface area is 184 Å². The summed E-state index contributed by atoms with van der Waals surface area (Å²) in [5.41, 5.74) is 8.83. The van der Waals surface area contributed by atoms with Gasteiger partial charge in [0.2, 0.25) is 0 Å². The van der Waals surface area contributed by atoms with E-state index >= 15 is 0 Å². The lowest BCUT2D eigenvalue weighted by Crippen LogP contribution is -2.03. The summed E-state index contributed by atoms with van der Waals surface area (Å²) in [6, 6.07) is 15.1. The highest BCUT2D eigenvalue weighted by Crippen LogP contribution is 2.38. The number of pyridine rings is 2. The molecule has 1 aromatic carbocycles. The molecule has 7 rings (SSSR count). The summed E-state index contributed by atoms with van der Waals surface area (Å²) in [6.07, 6.45) is 15.5. The first kappa shape index (κ1) is 17.7. The maximum Gasteiger partial charge on any atom is 0.146 e. The molecule has 0 saturated heterocycles. The normalized spacial score (nSPS) is 16.4. The monoisotopic (exact) mass is 415 g/mol. The second kappa shape index (κ2) is 6.76. The summed E-state index contributed by atoms with van der Waals surface area (Å²) in [7, 11) is 0. The minimum atomic E-state index is 0.809. The molecule has 0 saturated carbocycles. The fourth-order valence-corrected chi connectivity index (χ4v) is 5.14. The van der Waals surface area contributed by atoms with E-state index in [0.29, 0.717) is 0 Å². The molecular weight excluding hydrogens is 394 g/mol. The molecule has 0 amide bonds. The van der Waals surface area contributed by atoms with Gasteiger partial charge in [0, 0.05) is 47.5 Å². The Hall–Kier alpha value is -3.99. The van der Waals surface area contributed by atoms with E-state index in [0.717, 1.165) is 53.5 Å². The van der Waals surface area contributed by atoms with Gasteiger partial charge >= 0.3 is 0 Å². The third kappa shape index (κ3) is 2.42. The number of para-hydroxylation sites is 1. The standard InChI is InChI=1S/C27H21N5/c1-2-7-18(8-3-1)32-22-10-5-4-9-20(22)21-17-24-26(30-27(21)32)25-23(11-6-14-29-25)31(24)19-12-15-28-16-13-19/h1-2,4-7,9-12,14-15,17H,3,8,13,16H2. The van der Waals surface area contributed by atoms with E-state index in [1.54, 1.807) is 0 Å². The van der Waals surface area contributed by atoms with Crippen molar-refractivity contribution in [3.63, 3.8) is 0 Å². The number of hydrogen-bond acceptors (Lipinski definition) is 3. The van der Waals surface area contributed by atoms with Gasteiger partial charge in [-0.05, 0) is 49.3 Å². The Morgan fingerprint density at radius 1 is 0.781 bits per heavy atom. The molecule has 0 fully saturated rings. The molecule has 4 aromatic heterocycles. The summed E-state index contributed by atoms with van der Waals surface area (Å²) < 4.78 is 4.66. The summed E-state index contributed by atoms with van der Waals surface area (Å²) in [4.78, 5) is 14.4. The number of fused-ring (bicyclic) bond motifs is 6. The van der Waals surface area contributed by atoms with Crippen LogP contribution in [0.25, 0.3) is 55.4 Å². The zero-order valence-corrected chi connectivity index (χ0v) is 17.6. The van der Waals surface area contributed by atoms with Crippen LogP contribution >= 0.6 is 0 Å². The van der Waals surface area contributed by atoms with Gasteiger partial charge in [-0.15, -0.1) is 0 Å². The molecule has 0 bridgehead atoms. The van der Waals surface area contributed by atoms with Gasteiger partial charge in [0.1, 0.15) is 16.7 Å². The fraction of sp³-hybridized carbons (Fsp3) is 0.148. The predicted molar refractivity (Wildman–Crippen MR) is 133 cm³/mol. The third-order valence-electron chi connectivity index (χ3n) is 6.56. The quantitative estimate of drug-likeness (QED) is 0.345. The topological polar surface area (TPSA) is 48.0 Å². The summed E-state index contributed by atoms with van der Waals surface area (Å²) in [5.74, 6) is 0. The summed E-state index contributed by atoms with van der Waals surface area (Å²) >= 11 is 0. The van der Waals surface area contributed by atoms with E-state index in [4.69, 9.17) is 9.97 Å². The molecule has 0 N–H and O–H groups in total. The van der Waals surface area contributed by atoms with Crippen LogP contribution in [-0.2, 0) is 0 Å². The largest absolute Gasteiger partial charge is 0.310 e. The molecule has 0 spiro atoms. The van der Waals surface area contributed by atoms with Gasteiger partial charge in [-0.1, -0.05) is 30.4 Å². The number of hydrogen-bond donors (Lipinski definition) is 0. The Kier molecular flexibility index (Phi) is 3.73. The number of rotatable bonds is 2. The molecule has 0 unspecified atom stereocenters. The van der Waals surface area contributed by atoms with Crippen molar-refractivity contribution in [1.82, 2.24) is 19.1 Å². The van der Waals surface area contributed by atoms with Gasteiger partial charge < -0.3 is 4.57 Å². The highest BCUT2D eigenvalue weighted by atomic mass is 15.1. The molecule has 1 aliphatic heterocycles. The molecule has 154 valence electrons. The van der Waals surface area contributed by atoms with Crippen LogP contribution in [0.15, 0.2) is 78.0 Å². The smallest absolute Gasteiger partial charge is 0.146 e. The molecular formula is C27H21N5. The van der Waals surface area contributed by atoms with Gasteiger partial charge in [0.25, 0.3) is 0 Å². The van der Waals surface area contributed by atoms with Gasteiger partial charge in [-0.25, -0.2) is 4.98 Å². The molecule has 5 heteroatoms. The summed E-state index contributed by atoms with van der Waals surface area (Å²) in [5, 5.41) is 2.41. The van der Waals surface area contributed by atoms with Crippen LogP contribution in [0.4, 0.5) is 0 Å². The number of aromatic nitrogens is 4. The zero-order valence-electron chi connectivity index (χ0n) is 17.6. The number of allylic oxidation sites excluding steroid dienone is 5. The van der Waals surface area contributed by atoms with Crippen LogP contribution in [0, 0.1) is 0 Å². The maximum atomic E-state index is 5.29. The summed E-state index contributed by atoms with van der Waals surface area (Å²) in [6.45, 7) is 0.809. The zero-order chi connectivity index (χ0) is 21.1. The predicted octanol–water partition coefficient (Wildman–Crippen LogP) is 6.20. The van der Waals surface area contributed by atoms with Crippen molar-refractivity contribution >= 4 is 61.6 Å². The fourth-order valence-electron chi connectivity index (χ4n) is 5.14. The molecule has 2 aliphatic rings. The van der Waals surface area contributed by atoms with Crippen molar-refractivity contribution in [3.8, 4) is 0 Å². The first-order valence-electron chi connectivity index (χ1n) is 11.1. The van der Waals surface area contributed by atoms with Crippen molar-refractivity contribution in [2.24, 2.45) is 4.99 Å². The van der Waals surface area contributed by atoms with E-state index in [1.165, 1.54) is 27.7 Å². The second-order valence-corrected chi connectivity index (χ2v) is 8.37. The van der Waals surface area contributed by atoms with Crippen LogP contribution in [-0.4, -0.2) is 31.9 Å². The number of benzene rings is 1. The third-order valence-corrected chi connectivity index (χ3v) is 6.56. The van der Waals surface area contributed by atoms with Gasteiger partial charge in [-0.3, -0.25) is 14.5 Å². The Morgan fingerprint density at radius 2 is 1.69 bits per heavy atom. The minimum absolute atomic E-state index is 0.809. The SMILES string of the molecule is C1=CCCC(n2c3ccccc3c3cc4c(nc32)c2ncccc2n4C2=CC=NCC2)=C1. The van der Waals surface area contributed by atoms with Crippen LogP contribution in [0.1, 0.15) is 19.3 Å². The molecule has 5 aromatic rings. The van der Waals surface area contributed by atoms with Crippen LogP contribution in [0.3, 0.4) is 0 Å². The average Bonchev–Trinajstić information content (AvgIpc) is 3.36. The van der Waals surface area contributed by atoms with E-state index in [-0.39, 0.29) is 0 Å². The highest BCUT2D eigenvalue weighted by molar-refractivity contribution is 6.15. The van der Waals surface area contributed by atoms with Crippen LogP contribution in [0.5, 0.6) is 0 Å².